The monoisotopic (exact) mass is 298 g/mol. The van der Waals surface area contributed by atoms with E-state index in [1.807, 2.05) is 24.3 Å². The van der Waals surface area contributed by atoms with Crippen molar-refractivity contribution in [3.05, 3.63) is 71.0 Å². The van der Waals surface area contributed by atoms with Crippen LogP contribution in [0.15, 0.2) is 48.5 Å². The molecule has 0 unspecified atom stereocenters. The number of benzene rings is 2. The summed E-state index contributed by atoms with van der Waals surface area (Å²) in [6.45, 7) is 0. The van der Waals surface area contributed by atoms with Gasteiger partial charge in [-0.3, -0.25) is 10.1 Å². The minimum atomic E-state index is -0.744. The van der Waals surface area contributed by atoms with Gasteiger partial charge in [-0.05, 0) is 36.1 Å². The van der Waals surface area contributed by atoms with E-state index in [-0.39, 0.29) is 11.6 Å². The molecule has 0 saturated carbocycles. The Labute approximate surface area is 127 Å². The molecule has 2 aromatic carbocycles. The highest BCUT2D eigenvalue weighted by atomic mass is 19.1. The maximum absolute atomic E-state index is 13.5. The Kier molecular flexibility index (Phi) is 3.87. The van der Waals surface area contributed by atoms with Crippen LogP contribution in [0.4, 0.5) is 9.18 Å². The number of nitrogens with one attached hydrogen (secondary N) is 2. The average molecular weight is 298 g/mol. The number of carbonyl (C=O) groups excluding carboxylic acids is 2. The number of halogens is 1. The van der Waals surface area contributed by atoms with E-state index >= 15 is 0 Å². The van der Waals surface area contributed by atoms with Crippen LogP contribution in [0.1, 0.15) is 21.5 Å². The quantitative estimate of drug-likeness (QED) is 0.894. The average Bonchev–Trinajstić information content (AvgIpc) is 2.89. The van der Waals surface area contributed by atoms with E-state index in [9.17, 15) is 14.0 Å². The third kappa shape index (κ3) is 2.98. The molecule has 4 nitrogen and oxygen atoms in total. The zero-order valence-corrected chi connectivity index (χ0v) is 11.8. The molecule has 0 spiro atoms. The Hall–Kier alpha value is -2.69. The lowest BCUT2D eigenvalue weighted by molar-refractivity contribution is 0.0959. The van der Waals surface area contributed by atoms with Crippen molar-refractivity contribution < 1.29 is 14.0 Å². The summed E-state index contributed by atoms with van der Waals surface area (Å²) in [6, 6.07) is 12.9. The Bertz CT molecular complexity index is 705. The number of rotatable bonds is 2. The zero-order chi connectivity index (χ0) is 15.5. The number of amides is 3. The van der Waals surface area contributed by atoms with Crippen LogP contribution < -0.4 is 10.6 Å². The topological polar surface area (TPSA) is 58.2 Å². The minimum absolute atomic E-state index is 0.0502. The van der Waals surface area contributed by atoms with Crippen molar-refractivity contribution in [2.75, 3.05) is 0 Å². The van der Waals surface area contributed by atoms with E-state index in [1.54, 1.807) is 6.07 Å². The lowest BCUT2D eigenvalue weighted by Crippen LogP contribution is -2.45. The molecular weight excluding hydrogens is 283 g/mol. The summed E-state index contributed by atoms with van der Waals surface area (Å²) in [5.41, 5.74) is 2.26. The number of carbonyl (C=O) groups is 2. The van der Waals surface area contributed by atoms with Crippen LogP contribution >= 0.6 is 0 Å². The molecule has 22 heavy (non-hydrogen) atoms. The highest BCUT2D eigenvalue weighted by Gasteiger charge is 2.23. The van der Waals surface area contributed by atoms with Gasteiger partial charge in [0.1, 0.15) is 5.82 Å². The molecule has 2 N–H and O–H groups in total. The minimum Gasteiger partial charge on any atom is -0.334 e. The zero-order valence-electron chi connectivity index (χ0n) is 11.8. The lowest BCUT2D eigenvalue weighted by atomic mass is 10.1. The summed E-state index contributed by atoms with van der Waals surface area (Å²) in [5.74, 6) is -1.40. The van der Waals surface area contributed by atoms with Gasteiger partial charge in [0, 0.05) is 6.04 Å². The summed E-state index contributed by atoms with van der Waals surface area (Å²) in [7, 11) is 0. The van der Waals surface area contributed by atoms with E-state index in [0.29, 0.717) is 0 Å². The fourth-order valence-corrected chi connectivity index (χ4v) is 2.70. The number of fused-ring (bicyclic) bond motifs is 1. The van der Waals surface area contributed by atoms with Gasteiger partial charge in [0.05, 0.1) is 5.56 Å². The van der Waals surface area contributed by atoms with Crippen LogP contribution in [0.25, 0.3) is 0 Å². The second kappa shape index (κ2) is 5.97. The Morgan fingerprint density at radius 2 is 1.55 bits per heavy atom. The molecule has 0 aliphatic heterocycles. The van der Waals surface area contributed by atoms with Crippen molar-refractivity contribution in [3.8, 4) is 0 Å². The molecule has 3 rings (SSSR count). The summed E-state index contributed by atoms with van der Waals surface area (Å²) in [6.07, 6.45) is 1.47. The van der Waals surface area contributed by atoms with Gasteiger partial charge in [-0.25, -0.2) is 9.18 Å². The predicted molar refractivity (Wildman–Crippen MR) is 80.0 cm³/mol. The van der Waals surface area contributed by atoms with Gasteiger partial charge in [0.25, 0.3) is 5.91 Å². The maximum atomic E-state index is 13.5. The number of imide groups is 1. The standard InChI is InChI=1S/C17H15FN2O2/c18-15-8-4-3-7-14(15)16(21)20-17(22)19-13-9-11-5-1-2-6-12(11)10-13/h1-8,13H,9-10H2,(H2,19,20,21,22). The molecule has 1 aliphatic carbocycles. The lowest BCUT2D eigenvalue weighted by Gasteiger charge is -2.12. The van der Waals surface area contributed by atoms with E-state index in [1.165, 1.54) is 29.3 Å². The maximum Gasteiger partial charge on any atom is 0.321 e. The molecule has 2 aromatic rings. The number of hydrogen-bond acceptors (Lipinski definition) is 2. The molecular formula is C17H15FN2O2. The predicted octanol–water partition coefficient (Wildman–Crippen LogP) is 2.43. The van der Waals surface area contributed by atoms with Crippen LogP contribution in [0.3, 0.4) is 0 Å². The summed E-state index contributed by atoms with van der Waals surface area (Å²) in [4.78, 5) is 23.7. The molecule has 112 valence electrons. The molecule has 1 aliphatic rings. The molecule has 0 heterocycles. The van der Waals surface area contributed by atoms with Gasteiger partial charge in [-0.1, -0.05) is 36.4 Å². The Morgan fingerprint density at radius 1 is 0.955 bits per heavy atom. The van der Waals surface area contributed by atoms with Gasteiger partial charge in [-0.15, -0.1) is 0 Å². The van der Waals surface area contributed by atoms with Crippen LogP contribution in [0.5, 0.6) is 0 Å². The van der Waals surface area contributed by atoms with E-state index in [0.717, 1.165) is 12.8 Å². The second-order valence-electron chi connectivity index (χ2n) is 5.28. The summed E-state index contributed by atoms with van der Waals surface area (Å²) in [5, 5.41) is 4.91. The van der Waals surface area contributed by atoms with Crippen LogP contribution in [0, 0.1) is 5.82 Å². The number of urea groups is 1. The second-order valence-corrected chi connectivity index (χ2v) is 5.28. The van der Waals surface area contributed by atoms with Crippen LogP contribution in [-0.4, -0.2) is 18.0 Å². The van der Waals surface area contributed by atoms with Crippen molar-refractivity contribution in [2.45, 2.75) is 18.9 Å². The van der Waals surface area contributed by atoms with Gasteiger partial charge >= 0.3 is 6.03 Å². The normalized spacial score (nSPS) is 13.5. The highest BCUT2D eigenvalue weighted by molar-refractivity contribution is 6.04. The molecule has 0 atom stereocenters. The Morgan fingerprint density at radius 3 is 2.18 bits per heavy atom. The summed E-state index contributed by atoms with van der Waals surface area (Å²) < 4.78 is 13.5. The molecule has 0 aromatic heterocycles. The SMILES string of the molecule is O=C(NC(=O)c1ccccc1F)NC1Cc2ccccc2C1. The molecule has 0 fully saturated rings. The van der Waals surface area contributed by atoms with E-state index in [4.69, 9.17) is 0 Å². The molecule has 0 radical (unpaired) electrons. The van der Waals surface area contributed by atoms with Crippen molar-refractivity contribution in [3.63, 3.8) is 0 Å². The smallest absolute Gasteiger partial charge is 0.321 e. The first-order chi connectivity index (χ1) is 10.6. The van der Waals surface area contributed by atoms with Gasteiger partial charge < -0.3 is 5.32 Å². The van der Waals surface area contributed by atoms with Gasteiger partial charge in [0.15, 0.2) is 0 Å². The molecule has 3 amide bonds. The van der Waals surface area contributed by atoms with Crippen molar-refractivity contribution >= 4 is 11.9 Å². The first kappa shape index (κ1) is 14.3. The van der Waals surface area contributed by atoms with E-state index < -0.39 is 17.8 Å². The van der Waals surface area contributed by atoms with Crippen molar-refractivity contribution in [2.24, 2.45) is 0 Å². The Balaban J connectivity index is 1.58. The highest BCUT2D eigenvalue weighted by Crippen LogP contribution is 2.21. The molecule has 5 heteroatoms. The summed E-state index contributed by atoms with van der Waals surface area (Å²) >= 11 is 0. The largest absolute Gasteiger partial charge is 0.334 e. The fourth-order valence-electron chi connectivity index (χ4n) is 2.70. The number of hydrogen-bond donors (Lipinski definition) is 2. The third-order valence-corrected chi connectivity index (χ3v) is 3.73. The van der Waals surface area contributed by atoms with Gasteiger partial charge in [-0.2, -0.15) is 0 Å². The van der Waals surface area contributed by atoms with Gasteiger partial charge in [0.2, 0.25) is 0 Å². The fraction of sp³-hybridized carbons (Fsp3) is 0.176. The molecule has 0 saturated heterocycles. The molecule has 0 bridgehead atoms. The first-order valence-corrected chi connectivity index (χ1v) is 7.06. The van der Waals surface area contributed by atoms with Crippen molar-refractivity contribution in [1.82, 2.24) is 10.6 Å². The van der Waals surface area contributed by atoms with Crippen molar-refractivity contribution in [1.29, 1.82) is 0 Å². The van der Waals surface area contributed by atoms with Crippen LogP contribution in [-0.2, 0) is 12.8 Å². The first-order valence-electron chi connectivity index (χ1n) is 7.06. The van der Waals surface area contributed by atoms with Crippen LogP contribution in [0.2, 0.25) is 0 Å². The third-order valence-electron chi connectivity index (χ3n) is 3.73. The van der Waals surface area contributed by atoms with E-state index in [2.05, 4.69) is 10.6 Å².